The molecular weight excluding hydrogens is 216 g/mol. The number of carbonyl (C=O) groups is 1. The van der Waals surface area contributed by atoms with Gasteiger partial charge in [0, 0.05) is 0 Å². The van der Waals surface area contributed by atoms with E-state index in [-0.39, 0.29) is 6.10 Å². The van der Waals surface area contributed by atoms with Crippen molar-refractivity contribution in [2.75, 3.05) is 0 Å². The summed E-state index contributed by atoms with van der Waals surface area (Å²) < 4.78 is 5.50. The van der Waals surface area contributed by atoms with Crippen LogP contribution in [0.4, 0.5) is 0 Å². The van der Waals surface area contributed by atoms with E-state index < -0.39 is 5.97 Å². The van der Waals surface area contributed by atoms with Crippen LogP contribution in [0.5, 0.6) is 5.75 Å². The maximum Gasteiger partial charge on any atom is 0.119 e. The highest BCUT2D eigenvalue weighted by Gasteiger charge is 1.95. The topological polar surface area (TPSA) is 49.4 Å². The Kier molecular flexibility index (Phi) is 5.01. The fourth-order valence-electron chi connectivity index (χ4n) is 1.23. The summed E-state index contributed by atoms with van der Waals surface area (Å²) in [5, 5.41) is 10.1. The number of allylic oxidation sites excluding steroid dienone is 2. The lowest BCUT2D eigenvalue weighted by Crippen LogP contribution is -2.18. The summed E-state index contributed by atoms with van der Waals surface area (Å²) in [7, 11) is 0. The van der Waals surface area contributed by atoms with Crippen molar-refractivity contribution in [3.63, 3.8) is 0 Å². The molecule has 0 atom stereocenters. The van der Waals surface area contributed by atoms with E-state index >= 15 is 0 Å². The number of aliphatic carboxylic acids is 1. The summed E-state index contributed by atoms with van der Waals surface area (Å²) in [6.45, 7) is 3.94. The third-order valence-electron chi connectivity index (χ3n) is 1.88. The van der Waals surface area contributed by atoms with Crippen LogP contribution in [0, 0.1) is 0 Å². The van der Waals surface area contributed by atoms with Gasteiger partial charge in [-0.25, -0.2) is 0 Å². The fraction of sp³-hybridized carbons (Fsp3) is 0.214. The zero-order valence-corrected chi connectivity index (χ0v) is 9.92. The van der Waals surface area contributed by atoms with Crippen LogP contribution in [0.15, 0.2) is 42.5 Å². The van der Waals surface area contributed by atoms with Gasteiger partial charge in [0.2, 0.25) is 0 Å². The molecule has 0 aliphatic heterocycles. The molecule has 3 nitrogen and oxygen atoms in total. The SMILES string of the molecule is CC(C)Oc1ccc(/C=C/C=C/C(=O)[O-])cc1. The van der Waals surface area contributed by atoms with Gasteiger partial charge in [-0.2, -0.15) is 0 Å². The normalized spacial score (nSPS) is 11.5. The minimum absolute atomic E-state index is 0.155. The Bertz CT molecular complexity index is 414. The van der Waals surface area contributed by atoms with Crippen molar-refractivity contribution in [1.29, 1.82) is 0 Å². The molecule has 0 aromatic heterocycles. The molecule has 3 heteroatoms. The number of benzene rings is 1. The average molecular weight is 231 g/mol. The van der Waals surface area contributed by atoms with Crippen LogP contribution in [-0.2, 0) is 4.79 Å². The third-order valence-corrected chi connectivity index (χ3v) is 1.88. The van der Waals surface area contributed by atoms with Gasteiger partial charge in [0.05, 0.1) is 12.1 Å². The van der Waals surface area contributed by atoms with Crippen molar-refractivity contribution in [1.82, 2.24) is 0 Å². The van der Waals surface area contributed by atoms with E-state index in [0.717, 1.165) is 17.4 Å². The Morgan fingerprint density at radius 3 is 2.41 bits per heavy atom. The standard InChI is InChI=1S/C14H16O3/c1-11(2)17-13-9-7-12(8-10-13)5-3-4-6-14(15)16/h3-11H,1-2H3,(H,15,16)/p-1/b5-3+,6-4+. The van der Waals surface area contributed by atoms with Crippen LogP contribution in [0.25, 0.3) is 6.08 Å². The Morgan fingerprint density at radius 1 is 1.24 bits per heavy atom. The number of hydrogen-bond acceptors (Lipinski definition) is 3. The van der Waals surface area contributed by atoms with Crippen molar-refractivity contribution in [3.8, 4) is 5.75 Å². The van der Waals surface area contributed by atoms with E-state index in [1.54, 1.807) is 12.2 Å². The molecular formula is C14H15O3-. The second-order valence-electron chi connectivity index (χ2n) is 3.77. The van der Waals surface area contributed by atoms with E-state index in [4.69, 9.17) is 4.74 Å². The maximum absolute atomic E-state index is 10.1. The molecule has 0 saturated carbocycles. The van der Waals surface area contributed by atoms with Crippen molar-refractivity contribution >= 4 is 12.0 Å². The van der Waals surface area contributed by atoms with Gasteiger partial charge < -0.3 is 14.6 Å². The van der Waals surface area contributed by atoms with Crippen LogP contribution in [0.1, 0.15) is 19.4 Å². The molecule has 0 radical (unpaired) electrons. The van der Waals surface area contributed by atoms with E-state index in [9.17, 15) is 9.90 Å². The van der Waals surface area contributed by atoms with E-state index in [1.807, 2.05) is 38.1 Å². The molecule has 0 fully saturated rings. The first-order chi connectivity index (χ1) is 8.08. The largest absolute Gasteiger partial charge is 0.545 e. The highest BCUT2D eigenvalue weighted by atomic mass is 16.5. The van der Waals surface area contributed by atoms with E-state index in [2.05, 4.69) is 0 Å². The highest BCUT2D eigenvalue weighted by molar-refractivity contribution is 5.78. The van der Waals surface area contributed by atoms with Crippen LogP contribution in [-0.4, -0.2) is 12.1 Å². The van der Waals surface area contributed by atoms with Gasteiger partial charge in [-0.3, -0.25) is 0 Å². The van der Waals surface area contributed by atoms with E-state index in [1.165, 1.54) is 6.08 Å². The molecule has 1 aromatic carbocycles. The van der Waals surface area contributed by atoms with Gasteiger partial charge in [-0.05, 0) is 37.6 Å². The molecule has 0 aliphatic carbocycles. The first-order valence-corrected chi connectivity index (χ1v) is 5.40. The van der Waals surface area contributed by atoms with Crippen molar-refractivity contribution in [3.05, 3.63) is 48.1 Å². The Balaban J connectivity index is 2.59. The second kappa shape index (κ2) is 6.53. The second-order valence-corrected chi connectivity index (χ2v) is 3.77. The summed E-state index contributed by atoms with van der Waals surface area (Å²) in [5.41, 5.74) is 0.976. The lowest BCUT2D eigenvalue weighted by molar-refractivity contribution is -0.297. The van der Waals surface area contributed by atoms with Crippen LogP contribution >= 0.6 is 0 Å². The zero-order chi connectivity index (χ0) is 12.7. The van der Waals surface area contributed by atoms with Gasteiger partial charge in [-0.15, -0.1) is 0 Å². The Hall–Kier alpha value is -2.03. The maximum atomic E-state index is 10.1. The molecule has 0 aliphatic rings. The van der Waals surface area contributed by atoms with Crippen molar-refractivity contribution in [2.24, 2.45) is 0 Å². The summed E-state index contributed by atoms with van der Waals surface area (Å²) in [6.07, 6.45) is 6.01. The van der Waals surface area contributed by atoms with Crippen LogP contribution in [0.2, 0.25) is 0 Å². The zero-order valence-electron chi connectivity index (χ0n) is 9.92. The molecule has 0 unspecified atom stereocenters. The smallest absolute Gasteiger partial charge is 0.119 e. The summed E-state index contributed by atoms with van der Waals surface area (Å²) in [5.74, 6) is -0.377. The number of ether oxygens (including phenoxy) is 1. The summed E-state index contributed by atoms with van der Waals surface area (Å²) in [6, 6.07) is 7.56. The van der Waals surface area contributed by atoms with Crippen LogP contribution < -0.4 is 9.84 Å². The summed E-state index contributed by atoms with van der Waals surface area (Å²) >= 11 is 0. The molecule has 0 spiro atoms. The molecule has 0 N–H and O–H groups in total. The van der Waals surface area contributed by atoms with Gasteiger partial charge in [0.1, 0.15) is 5.75 Å². The quantitative estimate of drug-likeness (QED) is 0.573. The number of carboxylic acids is 1. The lowest BCUT2D eigenvalue weighted by Gasteiger charge is -2.09. The number of carboxylic acid groups (broad SMARTS) is 1. The number of carbonyl (C=O) groups excluding carboxylic acids is 1. The summed E-state index contributed by atoms with van der Waals surface area (Å²) in [4.78, 5) is 10.1. The van der Waals surface area contributed by atoms with Gasteiger partial charge >= 0.3 is 0 Å². The van der Waals surface area contributed by atoms with Gasteiger partial charge in [0.25, 0.3) is 0 Å². The first-order valence-electron chi connectivity index (χ1n) is 5.40. The lowest BCUT2D eigenvalue weighted by atomic mass is 10.2. The third kappa shape index (κ3) is 5.56. The minimum atomic E-state index is -1.20. The molecule has 0 bridgehead atoms. The number of rotatable bonds is 5. The number of hydrogen-bond donors (Lipinski definition) is 0. The van der Waals surface area contributed by atoms with Gasteiger partial charge in [0.15, 0.2) is 0 Å². The molecule has 17 heavy (non-hydrogen) atoms. The molecule has 0 amide bonds. The molecule has 0 saturated heterocycles. The molecule has 1 rings (SSSR count). The molecule has 0 heterocycles. The van der Waals surface area contributed by atoms with Crippen molar-refractivity contribution in [2.45, 2.75) is 20.0 Å². The van der Waals surface area contributed by atoms with Crippen molar-refractivity contribution < 1.29 is 14.6 Å². The molecule has 90 valence electrons. The van der Waals surface area contributed by atoms with Gasteiger partial charge in [-0.1, -0.05) is 30.4 Å². The fourth-order valence-corrected chi connectivity index (χ4v) is 1.23. The molecule has 1 aromatic rings. The predicted molar refractivity (Wildman–Crippen MR) is 65.4 cm³/mol. The highest BCUT2D eigenvalue weighted by Crippen LogP contribution is 2.14. The van der Waals surface area contributed by atoms with E-state index in [0.29, 0.717) is 0 Å². The minimum Gasteiger partial charge on any atom is -0.545 e. The predicted octanol–water partition coefficient (Wildman–Crippen LogP) is 1.79. The monoisotopic (exact) mass is 231 g/mol. The first kappa shape index (κ1) is 13.0. The Morgan fingerprint density at radius 2 is 1.88 bits per heavy atom. The average Bonchev–Trinajstić information content (AvgIpc) is 2.25. The van der Waals surface area contributed by atoms with Crippen LogP contribution in [0.3, 0.4) is 0 Å². The Labute approximate surface area is 101 Å².